The molecule has 0 unspecified atom stereocenters. The van der Waals surface area contributed by atoms with Crippen molar-refractivity contribution < 1.29 is 14.4 Å². The highest BCUT2D eigenvalue weighted by molar-refractivity contribution is 5.86. The average molecular weight is 225 g/mol. The Bertz CT molecular complexity index is 295. The summed E-state index contributed by atoms with van der Waals surface area (Å²) in [4.78, 5) is 16.8. The highest BCUT2D eigenvalue weighted by atomic mass is 16.7. The minimum atomic E-state index is -0.391. The first-order valence-corrected chi connectivity index (χ1v) is 5.40. The van der Waals surface area contributed by atoms with Gasteiger partial charge in [0.25, 0.3) is 0 Å². The SMILES string of the molecule is C=CCC1(N(CC)OC(=O)C(=C)C)COC1. The van der Waals surface area contributed by atoms with Gasteiger partial charge in [-0.15, -0.1) is 11.6 Å². The van der Waals surface area contributed by atoms with Crippen molar-refractivity contribution in [3.8, 4) is 0 Å². The second-order valence-electron chi connectivity index (χ2n) is 4.06. The molecule has 0 amide bonds. The number of hydrogen-bond donors (Lipinski definition) is 0. The van der Waals surface area contributed by atoms with E-state index in [2.05, 4.69) is 13.2 Å². The molecule has 4 heteroatoms. The Hall–Kier alpha value is -1.13. The van der Waals surface area contributed by atoms with Gasteiger partial charge in [0.15, 0.2) is 0 Å². The van der Waals surface area contributed by atoms with Crippen LogP contribution < -0.4 is 0 Å². The van der Waals surface area contributed by atoms with Crippen LogP contribution in [-0.2, 0) is 14.4 Å². The van der Waals surface area contributed by atoms with Gasteiger partial charge in [0.2, 0.25) is 0 Å². The maximum Gasteiger partial charge on any atom is 0.352 e. The molecule has 0 radical (unpaired) electrons. The van der Waals surface area contributed by atoms with Crippen molar-refractivity contribution in [1.82, 2.24) is 5.06 Å². The van der Waals surface area contributed by atoms with E-state index in [1.54, 1.807) is 12.0 Å². The zero-order valence-electron chi connectivity index (χ0n) is 9.99. The predicted octanol–water partition coefficient (Wildman–Crippen LogP) is 1.69. The molecule has 90 valence electrons. The van der Waals surface area contributed by atoms with E-state index in [0.717, 1.165) is 6.42 Å². The lowest BCUT2D eigenvalue weighted by molar-refractivity contribution is -0.268. The molecule has 0 aliphatic carbocycles. The summed E-state index contributed by atoms with van der Waals surface area (Å²) in [6.45, 7) is 12.6. The van der Waals surface area contributed by atoms with Crippen LogP contribution in [0.2, 0.25) is 0 Å². The lowest BCUT2D eigenvalue weighted by atomic mass is 9.92. The summed E-state index contributed by atoms with van der Waals surface area (Å²) in [5.74, 6) is -0.391. The van der Waals surface area contributed by atoms with E-state index in [-0.39, 0.29) is 5.54 Å². The number of carbonyl (C=O) groups is 1. The Morgan fingerprint density at radius 1 is 1.62 bits per heavy atom. The van der Waals surface area contributed by atoms with Gasteiger partial charge >= 0.3 is 5.97 Å². The molecule has 0 atom stereocenters. The number of likely N-dealkylation sites (N-methyl/N-ethyl adjacent to an activating group) is 1. The third-order valence-corrected chi connectivity index (χ3v) is 2.62. The van der Waals surface area contributed by atoms with Gasteiger partial charge in [-0.3, -0.25) is 0 Å². The maximum atomic E-state index is 11.5. The van der Waals surface area contributed by atoms with Crippen LogP contribution in [0.1, 0.15) is 20.3 Å². The number of nitrogens with zero attached hydrogens (tertiary/aromatic N) is 1. The average Bonchev–Trinajstić information content (AvgIpc) is 2.20. The molecule has 1 fully saturated rings. The molecule has 4 nitrogen and oxygen atoms in total. The number of ether oxygens (including phenoxy) is 1. The maximum absolute atomic E-state index is 11.5. The van der Waals surface area contributed by atoms with E-state index in [1.807, 2.05) is 13.0 Å². The summed E-state index contributed by atoms with van der Waals surface area (Å²) in [6, 6.07) is 0. The first-order valence-electron chi connectivity index (χ1n) is 5.40. The summed E-state index contributed by atoms with van der Waals surface area (Å²) in [5, 5.41) is 1.68. The van der Waals surface area contributed by atoms with Crippen LogP contribution in [0, 0.1) is 0 Å². The molecular weight excluding hydrogens is 206 g/mol. The Morgan fingerprint density at radius 3 is 2.56 bits per heavy atom. The third kappa shape index (κ3) is 2.51. The normalized spacial score (nSPS) is 17.7. The fourth-order valence-electron chi connectivity index (χ4n) is 1.64. The van der Waals surface area contributed by atoms with Gasteiger partial charge in [-0.25, -0.2) is 4.79 Å². The highest BCUT2D eigenvalue weighted by Crippen LogP contribution is 2.29. The predicted molar refractivity (Wildman–Crippen MR) is 61.7 cm³/mol. The van der Waals surface area contributed by atoms with Crippen LogP contribution in [0.25, 0.3) is 0 Å². The molecule has 1 rings (SSSR count). The minimum absolute atomic E-state index is 0.235. The van der Waals surface area contributed by atoms with Gasteiger partial charge in [0.1, 0.15) is 5.54 Å². The van der Waals surface area contributed by atoms with Gasteiger partial charge in [-0.2, -0.15) is 0 Å². The molecule has 16 heavy (non-hydrogen) atoms. The van der Waals surface area contributed by atoms with Crippen LogP contribution in [-0.4, -0.2) is 36.3 Å². The van der Waals surface area contributed by atoms with Crippen LogP contribution in [0.5, 0.6) is 0 Å². The Balaban J connectivity index is 2.68. The monoisotopic (exact) mass is 225 g/mol. The summed E-state index contributed by atoms with van der Waals surface area (Å²) in [6.07, 6.45) is 2.56. The number of rotatable bonds is 6. The van der Waals surface area contributed by atoms with Crippen molar-refractivity contribution in [2.75, 3.05) is 19.8 Å². The lowest BCUT2D eigenvalue weighted by Crippen LogP contribution is -2.62. The van der Waals surface area contributed by atoms with E-state index < -0.39 is 5.97 Å². The quantitative estimate of drug-likeness (QED) is 0.392. The van der Waals surface area contributed by atoms with Crippen molar-refractivity contribution in [1.29, 1.82) is 0 Å². The number of carbonyl (C=O) groups excluding carboxylic acids is 1. The Labute approximate surface area is 96.5 Å². The lowest BCUT2D eigenvalue weighted by Gasteiger charge is -2.47. The molecule has 0 aromatic rings. The smallest absolute Gasteiger partial charge is 0.352 e. The van der Waals surface area contributed by atoms with Crippen molar-refractivity contribution in [2.24, 2.45) is 0 Å². The molecule has 0 N–H and O–H groups in total. The summed E-state index contributed by atoms with van der Waals surface area (Å²) >= 11 is 0. The topological polar surface area (TPSA) is 38.8 Å². The second-order valence-corrected chi connectivity index (χ2v) is 4.06. The van der Waals surface area contributed by atoms with Crippen molar-refractivity contribution >= 4 is 5.97 Å². The van der Waals surface area contributed by atoms with Crippen LogP contribution in [0.4, 0.5) is 0 Å². The fraction of sp³-hybridized carbons (Fsp3) is 0.583. The van der Waals surface area contributed by atoms with E-state index >= 15 is 0 Å². The molecule has 1 aliphatic heterocycles. The molecule has 0 saturated carbocycles. The van der Waals surface area contributed by atoms with E-state index in [0.29, 0.717) is 25.3 Å². The van der Waals surface area contributed by atoms with Gasteiger partial charge in [0.05, 0.1) is 13.2 Å². The molecule has 1 saturated heterocycles. The highest BCUT2D eigenvalue weighted by Gasteiger charge is 2.45. The Kier molecular flexibility index (Phi) is 4.26. The number of hydrogen-bond acceptors (Lipinski definition) is 4. The van der Waals surface area contributed by atoms with Gasteiger partial charge in [-0.05, 0) is 20.3 Å². The van der Waals surface area contributed by atoms with Crippen molar-refractivity contribution in [2.45, 2.75) is 25.8 Å². The van der Waals surface area contributed by atoms with Gasteiger partial charge in [0, 0.05) is 12.1 Å². The Morgan fingerprint density at radius 2 is 2.25 bits per heavy atom. The molecule has 0 aromatic carbocycles. The van der Waals surface area contributed by atoms with Crippen LogP contribution in [0.15, 0.2) is 24.8 Å². The molecular formula is C12H19NO3. The molecule has 1 aliphatic rings. The van der Waals surface area contributed by atoms with E-state index in [4.69, 9.17) is 9.57 Å². The summed E-state index contributed by atoms with van der Waals surface area (Å²) < 4.78 is 5.21. The van der Waals surface area contributed by atoms with E-state index in [9.17, 15) is 4.79 Å². The van der Waals surface area contributed by atoms with E-state index in [1.165, 1.54) is 0 Å². The van der Waals surface area contributed by atoms with Gasteiger partial charge in [-0.1, -0.05) is 12.7 Å². The second kappa shape index (κ2) is 5.27. The fourth-order valence-corrected chi connectivity index (χ4v) is 1.64. The molecule has 0 bridgehead atoms. The first-order chi connectivity index (χ1) is 7.55. The molecule has 1 heterocycles. The zero-order chi connectivity index (χ0) is 12.2. The molecule has 0 aromatic heterocycles. The third-order valence-electron chi connectivity index (χ3n) is 2.62. The van der Waals surface area contributed by atoms with Crippen molar-refractivity contribution in [3.63, 3.8) is 0 Å². The van der Waals surface area contributed by atoms with Gasteiger partial charge < -0.3 is 9.57 Å². The van der Waals surface area contributed by atoms with Crippen molar-refractivity contribution in [3.05, 3.63) is 24.8 Å². The largest absolute Gasteiger partial charge is 0.377 e. The standard InChI is InChI=1S/C12H19NO3/c1-5-7-12(8-15-9-12)13(6-2)16-11(14)10(3)4/h5H,1,3,6-9H2,2,4H3. The zero-order valence-corrected chi connectivity index (χ0v) is 9.99. The minimum Gasteiger partial charge on any atom is -0.377 e. The number of hydroxylamine groups is 2. The summed E-state index contributed by atoms with van der Waals surface area (Å²) in [7, 11) is 0. The van der Waals surface area contributed by atoms with Crippen LogP contribution in [0.3, 0.4) is 0 Å². The van der Waals surface area contributed by atoms with Crippen LogP contribution >= 0.6 is 0 Å². The molecule has 0 spiro atoms. The first kappa shape index (κ1) is 12.9. The summed E-state index contributed by atoms with van der Waals surface area (Å²) in [5.41, 5.74) is 0.161.